The minimum absolute atomic E-state index is 0.571. The Morgan fingerprint density at radius 1 is 1.36 bits per heavy atom. The van der Waals surface area contributed by atoms with Crippen molar-refractivity contribution >= 4 is 23.5 Å². The summed E-state index contributed by atoms with van der Waals surface area (Å²) in [7, 11) is 0. The molecule has 1 fully saturated rings. The molecule has 0 atom stereocenters. The number of quaternary nitrogens is 1. The van der Waals surface area contributed by atoms with Crippen LogP contribution in [-0.4, -0.2) is 50.7 Å². The van der Waals surface area contributed by atoms with Gasteiger partial charge in [0, 0.05) is 13.0 Å². The van der Waals surface area contributed by atoms with Crippen molar-refractivity contribution in [1.82, 2.24) is 10.7 Å². The number of hydrazone groups is 1. The quantitative estimate of drug-likeness (QED) is 0.301. The Bertz CT molecular complexity index is 501. The first kappa shape index (κ1) is 16.9. The first-order chi connectivity index (χ1) is 10.8. The predicted octanol–water partition coefficient (Wildman–Crippen LogP) is 0.0982. The van der Waals surface area contributed by atoms with Crippen LogP contribution in [0.4, 0.5) is 0 Å². The lowest BCUT2D eigenvalue weighted by Crippen LogP contribution is -3.14. The van der Waals surface area contributed by atoms with Crippen LogP contribution in [0.25, 0.3) is 0 Å². The molecule has 1 aliphatic heterocycles. The van der Waals surface area contributed by atoms with Crippen molar-refractivity contribution < 1.29 is 9.64 Å². The maximum atomic E-state index is 5.35. The fourth-order valence-electron chi connectivity index (χ4n) is 2.38. The van der Waals surface area contributed by atoms with Gasteiger partial charge in [0.1, 0.15) is 13.1 Å². The second kappa shape index (κ2) is 9.50. The number of rotatable bonds is 6. The molecule has 1 aromatic rings. The zero-order chi connectivity index (χ0) is 15.6. The van der Waals surface area contributed by atoms with E-state index in [0.29, 0.717) is 5.11 Å². The van der Waals surface area contributed by atoms with Crippen LogP contribution in [0.3, 0.4) is 0 Å². The highest BCUT2D eigenvalue weighted by molar-refractivity contribution is 7.80. The Balaban J connectivity index is 1.58. The van der Waals surface area contributed by atoms with Crippen LogP contribution in [0, 0.1) is 6.92 Å². The molecule has 3 N–H and O–H groups in total. The Labute approximate surface area is 137 Å². The zero-order valence-corrected chi connectivity index (χ0v) is 13.9. The highest BCUT2D eigenvalue weighted by Crippen LogP contribution is 2.02. The van der Waals surface area contributed by atoms with Crippen LogP contribution >= 0.6 is 12.2 Å². The van der Waals surface area contributed by atoms with E-state index in [-0.39, 0.29) is 0 Å². The molecule has 6 heteroatoms. The summed E-state index contributed by atoms with van der Waals surface area (Å²) in [6.07, 6.45) is 2.89. The fourth-order valence-corrected chi connectivity index (χ4v) is 2.54. The van der Waals surface area contributed by atoms with Gasteiger partial charge in [0.15, 0.2) is 5.11 Å². The van der Waals surface area contributed by atoms with Gasteiger partial charge in [-0.25, -0.2) is 0 Å². The summed E-state index contributed by atoms with van der Waals surface area (Å²) in [5.74, 6) is 0. The Hall–Kier alpha value is -1.50. The van der Waals surface area contributed by atoms with E-state index in [4.69, 9.17) is 17.0 Å². The number of aryl methyl sites for hydroxylation is 1. The molecule has 5 nitrogen and oxygen atoms in total. The molecule has 0 saturated carbocycles. The van der Waals surface area contributed by atoms with Crippen molar-refractivity contribution in [3.8, 4) is 0 Å². The van der Waals surface area contributed by atoms with Gasteiger partial charge in [0.05, 0.1) is 26.0 Å². The molecule has 0 radical (unpaired) electrons. The molecule has 0 bridgehead atoms. The van der Waals surface area contributed by atoms with Crippen LogP contribution in [0.5, 0.6) is 0 Å². The molecule has 0 aromatic heterocycles. The third-order valence-electron chi connectivity index (χ3n) is 3.75. The van der Waals surface area contributed by atoms with E-state index >= 15 is 0 Å². The normalized spacial score (nSPS) is 15.9. The Morgan fingerprint density at radius 3 is 2.91 bits per heavy atom. The smallest absolute Gasteiger partial charge is 0.186 e. The summed E-state index contributed by atoms with van der Waals surface area (Å²) >= 11 is 5.21. The van der Waals surface area contributed by atoms with Crippen molar-refractivity contribution in [3.05, 3.63) is 35.4 Å². The number of nitrogens with one attached hydrogen (secondary N) is 3. The highest BCUT2D eigenvalue weighted by Gasteiger charge is 2.12. The van der Waals surface area contributed by atoms with Crippen molar-refractivity contribution in [2.24, 2.45) is 5.10 Å². The summed E-state index contributed by atoms with van der Waals surface area (Å²) in [5, 5.41) is 7.93. The second-order valence-corrected chi connectivity index (χ2v) is 5.86. The average molecular weight is 321 g/mol. The van der Waals surface area contributed by atoms with Gasteiger partial charge in [-0.3, -0.25) is 5.43 Å². The molecule has 1 aliphatic rings. The van der Waals surface area contributed by atoms with E-state index < -0.39 is 0 Å². The zero-order valence-electron chi connectivity index (χ0n) is 13.1. The van der Waals surface area contributed by atoms with Crippen LogP contribution < -0.4 is 15.6 Å². The van der Waals surface area contributed by atoms with Gasteiger partial charge >= 0.3 is 0 Å². The summed E-state index contributed by atoms with van der Waals surface area (Å²) in [6, 6.07) is 8.11. The average Bonchev–Trinajstić information content (AvgIpc) is 2.54. The molecule has 0 aliphatic carbocycles. The molecule has 1 saturated heterocycles. The van der Waals surface area contributed by atoms with Crippen molar-refractivity contribution in [2.75, 3.05) is 39.4 Å². The largest absolute Gasteiger partial charge is 0.370 e. The van der Waals surface area contributed by atoms with Crippen molar-refractivity contribution in [1.29, 1.82) is 0 Å². The van der Waals surface area contributed by atoms with Gasteiger partial charge in [-0.05, 0) is 30.3 Å². The fraction of sp³-hybridized carbons (Fsp3) is 0.500. The van der Waals surface area contributed by atoms with Crippen LogP contribution in [0.15, 0.2) is 29.4 Å². The van der Waals surface area contributed by atoms with Gasteiger partial charge in [-0.2, -0.15) is 5.10 Å². The maximum Gasteiger partial charge on any atom is 0.186 e. The van der Waals surface area contributed by atoms with Gasteiger partial charge in [0.2, 0.25) is 0 Å². The number of hydrogen-bond acceptors (Lipinski definition) is 3. The number of nitrogens with zero attached hydrogens (tertiary/aromatic N) is 1. The van der Waals surface area contributed by atoms with Gasteiger partial charge in [0.25, 0.3) is 0 Å². The summed E-state index contributed by atoms with van der Waals surface area (Å²) in [6.45, 7) is 8.09. The molecule has 0 amide bonds. The van der Waals surface area contributed by atoms with Crippen molar-refractivity contribution in [2.45, 2.75) is 13.3 Å². The monoisotopic (exact) mass is 321 g/mol. The minimum Gasteiger partial charge on any atom is -0.370 e. The lowest BCUT2D eigenvalue weighted by atomic mass is 10.1. The molecule has 2 rings (SSSR count). The standard InChI is InChI=1S/C16H24N4OS/c1-14-5-2-3-6-15(14)13-18-19-16(22)17-7-4-8-20-9-11-21-12-10-20/h2-3,5-6,13H,4,7-12H2,1H3,(H2,17,19,22)/p+1/b18-13-. The number of thiocarbonyl (C=S) groups is 1. The van der Waals surface area contributed by atoms with E-state index in [0.717, 1.165) is 51.4 Å². The number of morpholine rings is 1. The maximum absolute atomic E-state index is 5.35. The highest BCUT2D eigenvalue weighted by atomic mass is 32.1. The predicted molar refractivity (Wildman–Crippen MR) is 93.5 cm³/mol. The first-order valence-corrected chi connectivity index (χ1v) is 8.20. The second-order valence-electron chi connectivity index (χ2n) is 5.45. The van der Waals surface area contributed by atoms with E-state index in [1.807, 2.05) is 18.2 Å². The van der Waals surface area contributed by atoms with E-state index in [2.05, 4.69) is 28.8 Å². The minimum atomic E-state index is 0.571. The van der Waals surface area contributed by atoms with Crippen molar-refractivity contribution in [3.63, 3.8) is 0 Å². The Kier molecular flexibility index (Phi) is 7.28. The number of benzene rings is 1. The van der Waals surface area contributed by atoms with Crippen LogP contribution in [-0.2, 0) is 4.74 Å². The van der Waals surface area contributed by atoms with E-state index in [1.54, 1.807) is 11.1 Å². The molecule has 0 unspecified atom stereocenters. The van der Waals surface area contributed by atoms with Crippen LogP contribution in [0.1, 0.15) is 17.5 Å². The lowest BCUT2D eigenvalue weighted by Gasteiger charge is -2.23. The lowest BCUT2D eigenvalue weighted by molar-refractivity contribution is -0.908. The van der Waals surface area contributed by atoms with E-state index in [1.165, 1.54) is 5.56 Å². The molecule has 22 heavy (non-hydrogen) atoms. The molecule has 120 valence electrons. The van der Waals surface area contributed by atoms with Gasteiger partial charge in [-0.15, -0.1) is 0 Å². The first-order valence-electron chi connectivity index (χ1n) is 7.79. The SMILES string of the molecule is Cc1ccccc1/C=N\NC(=S)NCCC[NH+]1CCOCC1. The van der Waals surface area contributed by atoms with Gasteiger partial charge in [-0.1, -0.05) is 24.3 Å². The molecular formula is C16H25N4OS+. The number of ether oxygens (including phenoxy) is 1. The summed E-state index contributed by atoms with van der Waals surface area (Å²) in [5.41, 5.74) is 5.15. The topological polar surface area (TPSA) is 50.1 Å². The number of hydrogen-bond donors (Lipinski definition) is 3. The third-order valence-corrected chi connectivity index (χ3v) is 3.99. The van der Waals surface area contributed by atoms with Gasteiger partial charge < -0.3 is 15.0 Å². The van der Waals surface area contributed by atoms with E-state index in [9.17, 15) is 0 Å². The Morgan fingerprint density at radius 2 is 2.14 bits per heavy atom. The summed E-state index contributed by atoms with van der Waals surface area (Å²) in [4.78, 5) is 1.62. The molecule has 1 heterocycles. The third kappa shape index (κ3) is 6.09. The molecule has 0 spiro atoms. The summed E-state index contributed by atoms with van der Waals surface area (Å²) < 4.78 is 5.35. The molecule has 1 aromatic carbocycles. The van der Waals surface area contributed by atoms with Crippen LogP contribution in [0.2, 0.25) is 0 Å². The molecular weight excluding hydrogens is 296 g/mol.